The summed E-state index contributed by atoms with van der Waals surface area (Å²) in [5, 5.41) is 6.02. The van der Waals surface area contributed by atoms with Crippen LogP contribution >= 0.6 is 34.3 Å². The van der Waals surface area contributed by atoms with Crippen LogP contribution in [0.4, 0.5) is 0 Å². The summed E-state index contributed by atoms with van der Waals surface area (Å²) in [6.45, 7) is 2.21. The van der Waals surface area contributed by atoms with Gasteiger partial charge in [0.1, 0.15) is 0 Å². The Morgan fingerprint density at radius 3 is 1.63 bits per heavy atom. The first-order valence-electron chi connectivity index (χ1n) is 27.0. The highest BCUT2D eigenvalue weighted by Crippen LogP contribution is 2.69. The predicted octanol–water partition coefficient (Wildman–Crippen LogP) is 21.1. The molecule has 2 unspecified atom stereocenters. The zero-order valence-corrected chi connectivity index (χ0v) is 44.7. The Balaban J connectivity index is 0.898. The predicted molar refractivity (Wildman–Crippen MR) is 331 cm³/mol. The van der Waals surface area contributed by atoms with E-state index in [4.69, 9.17) is 11.6 Å². The molecule has 0 aliphatic heterocycles. The maximum absolute atomic E-state index is 6.95. The first-order valence-corrected chi connectivity index (χ1v) is 29.0. The molecule has 2 aromatic heterocycles. The summed E-state index contributed by atoms with van der Waals surface area (Å²) in [5.74, 6) is 0. The van der Waals surface area contributed by atoms with E-state index in [1.54, 1.807) is 0 Å². The molecule has 2 spiro atoms. The number of halogens is 1. The fourth-order valence-corrected chi connectivity index (χ4v) is 18.1. The van der Waals surface area contributed by atoms with Crippen molar-refractivity contribution in [2.45, 2.75) is 17.8 Å². The molecule has 0 saturated carbocycles. The molecule has 18 rings (SSSR count). The highest BCUT2D eigenvalue weighted by molar-refractivity contribution is 7.26. The molecule has 0 nitrogen and oxygen atoms in total. The third kappa shape index (κ3) is 5.31. The average Bonchev–Trinajstić information content (AvgIpc) is 3.53. The van der Waals surface area contributed by atoms with E-state index in [-0.39, 0.29) is 0 Å². The fourth-order valence-electron chi connectivity index (χ4n) is 15.4. The van der Waals surface area contributed by atoms with Gasteiger partial charge in [-0.15, -0.1) is 22.7 Å². The zero-order valence-electron chi connectivity index (χ0n) is 42.3. The minimum Gasteiger partial charge on any atom is -0.135 e. The quantitative estimate of drug-likeness (QED) is 0.165. The second-order valence-corrected chi connectivity index (χ2v) is 24.4. The van der Waals surface area contributed by atoms with E-state index in [1.165, 1.54) is 163 Å². The number of hydrogen-bond donors (Lipinski definition) is 0. The van der Waals surface area contributed by atoms with Crippen LogP contribution in [0.5, 0.6) is 0 Å². The van der Waals surface area contributed by atoms with Crippen LogP contribution in [-0.2, 0) is 10.8 Å². The third-order valence-electron chi connectivity index (χ3n) is 18.2. The van der Waals surface area contributed by atoms with Gasteiger partial charge in [0.2, 0.25) is 0 Å². The highest BCUT2D eigenvalue weighted by Gasteiger charge is 2.55. The van der Waals surface area contributed by atoms with Crippen molar-refractivity contribution in [3.05, 3.63) is 298 Å². The summed E-state index contributed by atoms with van der Waals surface area (Å²) < 4.78 is 5.27. The van der Waals surface area contributed by atoms with Gasteiger partial charge in [-0.3, -0.25) is 0 Å². The molecule has 78 heavy (non-hydrogen) atoms. The van der Waals surface area contributed by atoms with Crippen molar-refractivity contribution in [1.82, 2.24) is 0 Å². The van der Waals surface area contributed by atoms with Gasteiger partial charge in [0.25, 0.3) is 0 Å². The molecule has 4 aliphatic rings. The van der Waals surface area contributed by atoms with E-state index in [2.05, 4.69) is 244 Å². The Hall–Kier alpha value is -8.63. The summed E-state index contributed by atoms with van der Waals surface area (Å²) in [5.41, 5.74) is 28.9. The van der Waals surface area contributed by atoms with Gasteiger partial charge in [-0.05, 0) is 154 Å². The molecule has 0 bridgehead atoms. The third-order valence-corrected chi connectivity index (χ3v) is 20.8. The average molecular weight is 1040 g/mol. The molecule has 3 heteroatoms. The smallest absolute Gasteiger partial charge is 0.0732 e. The summed E-state index contributed by atoms with van der Waals surface area (Å²) >= 11 is 10.8. The maximum Gasteiger partial charge on any atom is 0.0732 e. The Labute approximate surface area is 464 Å². The van der Waals surface area contributed by atoms with Gasteiger partial charge < -0.3 is 0 Å². The van der Waals surface area contributed by atoms with Gasteiger partial charge in [-0.2, -0.15) is 0 Å². The molecule has 0 amide bonds. The Kier molecular flexibility index (Phi) is 8.65. The topological polar surface area (TPSA) is 0 Å². The molecular weight excluding hydrogens is 1000 g/mol. The minimum absolute atomic E-state index is 0.491. The van der Waals surface area contributed by atoms with Gasteiger partial charge in [0.15, 0.2) is 0 Å². The molecule has 2 heterocycles. The van der Waals surface area contributed by atoms with E-state index in [9.17, 15) is 0 Å². The van der Waals surface area contributed by atoms with Crippen molar-refractivity contribution in [2.75, 3.05) is 0 Å². The molecule has 0 N–H and O–H groups in total. The highest BCUT2D eigenvalue weighted by atomic mass is 35.5. The van der Waals surface area contributed by atoms with Crippen molar-refractivity contribution in [1.29, 1.82) is 0 Å². The van der Waals surface area contributed by atoms with Gasteiger partial charge in [-0.1, -0.05) is 229 Å². The van der Waals surface area contributed by atoms with Crippen molar-refractivity contribution in [3.63, 3.8) is 0 Å². The van der Waals surface area contributed by atoms with Gasteiger partial charge in [0.05, 0.1) is 10.8 Å². The van der Waals surface area contributed by atoms with E-state index in [0.717, 1.165) is 10.6 Å². The van der Waals surface area contributed by atoms with Crippen LogP contribution in [0, 0.1) is 6.92 Å². The first kappa shape index (κ1) is 43.5. The standard InChI is InChI=1S/C75H43ClS2/c1-42-15-12-16-43(39-42)48-24-14-25-52-50-19-2-7-26-58(50)74(71(48)52)60-28-9-4-22-55(60)68-62(74)37-38-65-70(68)57-32-31-45(41-66(57)77-65)47-33-34-49(44-17-13-18-46(76)40-44)72-67(47)54-21-3-8-27-59(54)75(72)61-29-10-5-23-56(61)69-63(75)36-35-53-51-20-6-11-30-64(51)78-73(53)69/h2-41H,1H3. The van der Waals surface area contributed by atoms with E-state index in [0.29, 0.717) is 0 Å². The van der Waals surface area contributed by atoms with E-state index in [1.807, 2.05) is 28.7 Å². The van der Waals surface area contributed by atoms with Crippen LogP contribution in [0.2, 0.25) is 5.02 Å². The van der Waals surface area contributed by atoms with Crippen LogP contribution in [0.15, 0.2) is 243 Å². The van der Waals surface area contributed by atoms with Crippen molar-refractivity contribution in [2.24, 2.45) is 0 Å². The molecule has 0 fully saturated rings. The summed E-state index contributed by atoms with van der Waals surface area (Å²) in [7, 11) is 0. The number of hydrogen-bond acceptors (Lipinski definition) is 2. The number of aryl methyl sites for hydroxylation is 1. The Morgan fingerprint density at radius 2 is 0.859 bits per heavy atom. The number of fused-ring (bicyclic) bond motifs is 28. The fraction of sp³-hybridized carbons (Fsp3) is 0.0400. The molecule has 4 aliphatic carbocycles. The second kappa shape index (κ2) is 15.5. The zero-order chi connectivity index (χ0) is 51.2. The van der Waals surface area contributed by atoms with Gasteiger partial charge >= 0.3 is 0 Å². The van der Waals surface area contributed by atoms with Gasteiger partial charge in [-0.25, -0.2) is 0 Å². The molecule has 14 aromatic rings. The lowest BCUT2D eigenvalue weighted by Gasteiger charge is -2.32. The lowest BCUT2D eigenvalue weighted by atomic mass is 9.68. The summed E-state index contributed by atoms with van der Waals surface area (Å²) in [4.78, 5) is 0. The molecule has 362 valence electrons. The van der Waals surface area contributed by atoms with Crippen molar-refractivity contribution >= 4 is 74.6 Å². The molecular formula is C75H43ClS2. The molecule has 0 radical (unpaired) electrons. The Bertz CT molecular complexity index is 5030. The first-order chi connectivity index (χ1) is 38.5. The van der Waals surface area contributed by atoms with Crippen LogP contribution in [0.3, 0.4) is 0 Å². The number of benzene rings is 12. The summed E-state index contributed by atoms with van der Waals surface area (Å²) in [6.07, 6.45) is 0. The van der Waals surface area contributed by atoms with Crippen LogP contribution in [0.25, 0.3) is 118 Å². The second-order valence-electron chi connectivity index (χ2n) is 21.8. The monoisotopic (exact) mass is 1040 g/mol. The van der Waals surface area contributed by atoms with E-state index < -0.39 is 10.8 Å². The number of rotatable bonds is 3. The molecule has 2 atom stereocenters. The largest absolute Gasteiger partial charge is 0.135 e. The van der Waals surface area contributed by atoms with Gasteiger partial charge in [0, 0.05) is 50.9 Å². The van der Waals surface area contributed by atoms with Crippen molar-refractivity contribution in [3.8, 4) is 77.9 Å². The minimum atomic E-state index is -0.585. The Morgan fingerprint density at radius 1 is 0.308 bits per heavy atom. The van der Waals surface area contributed by atoms with Crippen molar-refractivity contribution < 1.29 is 0 Å². The maximum atomic E-state index is 6.95. The van der Waals surface area contributed by atoms with E-state index >= 15 is 0 Å². The van der Waals surface area contributed by atoms with Crippen LogP contribution in [-0.4, -0.2) is 0 Å². The SMILES string of the molecule is Cc1cccc(-c2cccc3c2C2(c4ccccc4-3)c3ccccc3-c3c2ccc2sc4cc(-c5ccc(-c6cccc(Cl)c6)c6c5-c5ccccc5C65c6ccccc6-c6c5ccc5c6sc6ccccc65)ccc4c32)c1. The lowest BCUT2D eigenvalue weighted by Crippen LogP contribution is -2.26. The molecule has 12 aromatic carbocycles. The van der Waals surface area contributed by atoms with Crippen LogP contribution < -0.4 is 0 Å². The number of thiophene rings is 2. The normalized spacial score (nSPS) is 16.7. The molecule has 0 saturated heterocycles. The summed E-state index contributed by atoms with van der Waals surface area (Å²) in [6, 6.07) is 92.4. The van der Waals surface area contributed by atoms with Crippen LogP contribution in [0.1, 0.15) is 50.1 Å². The lowest BCUT2D eigenvalue weighted by molar-refractivity contribution is 0.796.